The number of Topliss-reactive ketones (excluding diaryl/α,β-unsaturated/α-hetero) is 1. The average molecular weight is 315 g/mol. The number of urea groups is 1. The summed E-state index contributed by atoms with van der Waals surface area (Å²) in [6.07, 6.45) is -2.95. The van der Waals surface area contributed by atoms with Gasteiger partial charge in [0.1, 0.15) is 12.2 Å². The van der Waals surface area contributed by atoms with Gasteiger partial charge >= 0.3 is 6.03 Å². The Hall–Kier alpha value is -1.81. The number of aliphatic hydroxyl groups is 2. The Morgan fingerprint density at radius 2 is 2.27 bits per heavy atom. The Labute approximate surface area is 126 Å². The smallest absolute Gasteiger partial charge is 0.325 e. The molecular weight excluding hydrogens is 297 g/mol. The van der Waals surface area contributed by atoms with Gasteiger partial charge in [-0.3, -0.25) is 15.4 Å². The van der Waals surface area contributed by atoms with Crippen molar-refractivity contribution in [1.29, 1.82) is 0 Å². The lowest BCUT2D eigenvalue weighted by Crippen LogP contribution is -2.68. The molecule has 1 unspecified atom stereocenters. The molecule has 0 saturated carbocycles. The maximum Gasteiger partial charge on any atom is 0.325 e. The number of carbonyl (C=O) groups is 2. The van der Waals surface area contributed by atoms with E-state index >= 15 is 0 Å². The van der Waals surface area contributed by atoms with Crippen molar-refractivity contribution in [2.45, 2.75) is 43.5 Å². The van der Waals surface area contributed by atoms with E-state index in [9.17, 15) is 24.2 Å². The van der Waals surface area contributed by atoms with E-state index in [-0.39, 0.29) is 6.42 Å². The summed E-state index contributed by atoms with van der Waals surface area (Å²) >= 11 is 0. The molecule has 0 aromatic carbocycles. The fourth-order valence-corrected chi connectivity index (χ4v) is 2.32. The molecule has 5 N–H and O–H groups in total. The van der Waals surface area contributed by atoms with Gasteiger partial charge in [0.05, 0.1) is 6.10 Å². The zero-order valence-electron chi connectivity index (χ0n) is 11.9. The van der Waals surface area contributed by atoms with Crippen molar-refractivity contribution in [2.24, 2.45) is 5.73 Å². The lowest BCUT2D eigenvalue weighted by molar-refractivity contribution is -0.124. The predicted octanol–water partition coefficient (Wildman–Crippen LogP) is -0.911. The molecule has 0 aromatic rings. The molecule has 0 spiro atoms. The molecule has 1 saturated heterocycles. The molecule has 0 bridgehead atoms. The molecule has 2 aliphatic rings. The van der Waals surface area contributed by atoms with Gasteiger partial charge in [-0.1, -0.05) is 6.08 Å². The summed E-state index contributed by atoms with van der Waals surface area (Å²) in [5.41, 5.74) is 3.34. The summed E-state index contributed by atoms with van der Waals surface area (Å²) in [6, 6.07) is -0.924. The van der Waals surface area contributed by atoms with Crippen molar-refractivity contribution in [1.82, 2.24) is 10.2 Å². The summed E-state index contributed by atoms with van der Waals surface area (Å²) in [7, 11) is 0. The van der Waals surface area contributed by atoms with Crippen molar-refractivity contribution >= 4 is 11.8 Å². The van der Waals surface area contributed by atoms with Crippen LogP contribution in [0.25, 0.3) is 0 Å². The Morgan fingerprint density at radius 3 is 2.77 bits per heavy atom. The van der Waals surface area contributed by atoms with Crippen molar-refractivity contribution in [2.75, 3.05) is 0 Å². The second-order valence-electron chi connectivity index (χ2n) is 5.25. The molecule has 8 nitrogen and oxygen atoms in total. The van der Waals surface area contributed by atoms with Crippen LogP contribution in [-0.4, -0.2) is 57.1 Å². The number of rotatable bonds is 4. The van der Waals surface area contributed by atoms with Crippen LogP contribution in [0.1, 0.15) is 13.3 Å². The molecule has 9 heteroatoms. The van der Waals surface area contributed by atoms with E-state index in [0.29, 0.717) is 6.20 Å². The fourth-order valence-electron chi connectivity index (χ4n) is 2.32. The molecule has 2 aliphatic heterocycles. The number of nitrogens with two attached hydrogens (primary N) is 1. The standard InChI is InChI=1S/C13H18FN3O5/c1-3-4-8(18)13(15)7(14)5-17(12(21)16-13)11-10(20)9(19)6(2)22-11/h3,5-6,9-11,19-20H,1,4,15H2,2H3,(H,16,21)/t6-,9-,10-,11-,13?/m1/s1. The quantitative estimate of drug-likeness (QED) is 0.498. The Balaban J connectivity index is 2.28. The first-order valence-electron chi connectivity index (χ1n) is 6.65. The number of ether oxygens (including phenoxy) is 1. The first-order chi connectivity index (χ1) is 10.2. The third-order valence-electron chi connectivity index (χ3n) is 3.69. The molecule has 0 radical (unpaired) electrons. The van der Waals surface area contributed by atoms with E-state index in [4.69, 9.17) is 10.5 Å². The summed E-state index contributed by atoms with van der Waals surface area (Å²) in [6.45, 7) is 4.85. The molecule has 122 valence electrons. The molecule has 2 rings (SSSR count). The Morgan fingerprint density at radius 1 is 1.64 bits per heavy atom. The van der Waals surface area contributed by atoms with E-state index in [1.807, 2.05) is 0 Å². The van der Waals surface area contributed by atoms with Gasteiger partial charge in [-0.05, 0) is 6.92 Å². The van der Waals surface area contributed by atoms with Crippen molar-refractivity contribution in [3.05, 3.63) is 24.7 Å². The minimum absolute atomic E-state index is 0.226. The fraction of sp³-hybridized carbons (Fsp3) is 0.538. The molecular formula is C13H18FN3O5. The highest BCUT2D eigenvalue weighted by molar-refractivity contribution is 5.96. The summed E-state index contributed by atoms with van der Waals surface area (Å²) < 4.78 is 19.5. The van der Waals surface area contributed by atoms with E-state index < -0.39 is 47.8 Å². The number of hydrogen-bond acceptors (Lipinski definition) is 6. The number of ketones is 1. The third kappa shape index (κ3) is 2.52. The minimum Gasteiger partial charge on any atom is -0.388 e. The van der Waals surface area contributed by atoms with E-state index in [2.05, 4.69) is 11.9 Å². The van der Waals surface area contributed by atoms with Gasteiger partial charge in [0.25, 0.3) is 0 Å². The van der Waals surface area contributed by atoms with Crippen molar-refractivity contribution in [3.63, 3.8) is 0 Å². The molecule has 1 fully saturated rings. The van der Waals surface area contributed by atoms with Gasteiger partial charge < -0.3 is 20.3 Å². The van der Waals surface area contributed by atoms with Crippen LogP contribution in [0.3, 0.4) is 0 Å². The lowest BCUT2D eigenvalue weighted by atomic mass is 10.00. The number of aliphatic hydroxyl groups excluding tert-OH is 2. The van der Waals surface area contributed by atoms with Crippen molar-refractivity contribution < 1.29 is 28.9 Å². The van der Waals surface area contributed by atoms with Gasteiger partial charge in [0.15, 0.2) is 17.8 Å². The number of carbonyl (C=O) groups excluding carboxylic acids is 2. The van der Waals surface area contributed by atoms with Gasteiger partial charge in [-0.15, -0.1) is 6.58 Å². The second kappa shape index (κ2) is 5.76. The second-order valence-corrected chi connectivity index (χ2v) is 5.25. The van der Waals surface area contributed by atoms with Gasteiger partial charge in [-0.25, -0.2) is 9.18 Å². The maximum absolute atomic E-state index is 14.2. The van der Waals surface area contributed by atoms with Crippen LogP contribution in [-0.2, 0) is 9.53 Å². The van der Waals surface area contributed by atoms with Gasteiger partial charge in [0.2, 0.25) is 5.66 Å². The number of nitrogens with zero attached hydrogens (tertiary/aromatic N) is 1. The average Bonchev–Trinajstić information content (AvgIpc) is 2.70. The van der Waals surface area contributed by atoms with Crippen LogP contribution in [0.5, 0.6) is 0 Å². The van der Waals surface area contributed by atoms with E-state index in [0.717, 1.165) is 4.90 Å². The number of nitrogens with one attached hydrogen (secondary N) is 1. The van der Waals surface area contributed by atoms with Crippen LogP contribution < -0.4 is 11.1 Å². The summed E-state index contributed by atoms with van der Waals surface area (Å²) in [4.78, 5) is 24.6. The highest BCUT2D eigenvalue weighted by Crippen LogP contribution is 2.29. The topological polar surface area (TPSA) is 125 Å². The van der Waals surface area contributed by atoms with Crippen LogP contribution in [0.4, 0.5) is 9.18 Å². The van der Waals surface area contributed by atoms with Crippen LogP contribution >= 0.6 is 0 Å². The number of halogens is 1. The van der Waals surface area contributed by atoms with Gasteiger partial charge in [0, 0.05) is 12.6 Å². The monoisotopic (exact) mass is 315 g/mol. The van der Waals surface area contributed by atoms with Crippen LogP contribution in [0.15, 0.2) is 24.7 Å². The maximum atomic E-state index is 14.2. The Kier molecular flexibility index (Phi) is 4.34. The summed E-state index contributed by atoms with van der Waals surface area (Å²) in [5.74, 6) is -1.88. The van der Waals surface area contributed by atoms with Crippen LogP contribution in [0, 0.1) is 0 Å². The van der Waals surface area contributed by atoms with Crippen molar-refractivity contribution in [3.8, 4) is 0 Å². The lowest BCUT2D eigenvalue weighted by Gasteiger charge is -2.37. The third-order valence-corrected chi connectivity index (χ3v) is 3.69. The number of allylic oxidation sites excluding steroid dienone is 1. The first-order valence-corrected chi connectivity index (χ1v) is 6.65. The molecule has 0 aromatic heterocycles. The first kappa shape index (κ1) is 16.6. The molecule has 2 amide bonds. The molecule has 2 heterocycles. The number of amides is 2. The van der Waals surface area contributed by atoms with E-state index in [1.54, 1.807) is 0 Å². The largest absolute Gasteiger partial charge is 0.388 e. The highest BCUT2D eigenvalue weighted by atomic mass is 19.1. The van der Waals surface area contributed by atoms with Gasteiger partial charge in [-0.2, -0.15) is 0 Å². The molecule has 5 atom stereocenters. The Bertz CT molecular complexity index is 540. The number of hydrogen-bond donors (Lipinski definition) is 4. The summed E-state index contributed by atoms with van der Waals surface area (Å²) in [5, 5.41) is 21.5. The minimum atomic E-state index is -2.28. The predicted molar refractivity (Wildman–Crippen MR) is 72.6 cm³/mol. The molecule has 0 aliphatic carbocycles. The zero-order valence-corrected chi connectivity index (χ0v) is 11.9. The van der Waals surface area contributed by atoms with Crippen LogP contribution in [0.2, 0.25) is 0 Å². The van der Waals surface area contributed by atoms with E-state index in [1.165, 1.54) is 13.0 Å². The SMILES string of the molecule is C=CCC(=O)C1(N)NC(=O)N([C@@H]2O[C@H](C)[C@@H](O)[C@H]2O)C=C1F. The highest BCUT2D eigenvalue weighted by Gasteiger charge is 2.50. The zero-order chi connectivity index (χ0) is 16.7. The normalized spacial score (nSPS) is 38.5. The molecule has 22 heavy (non-hydrogen) atoms.